The summed E-state index contributed by atoms with van der Waals surface area (Å²) in [5.74, 6) is 0.995. The molecule has 0 spiro atoms. The van der Waals surface area contributed by atoms with Crippen molar-refractivity contribution < 1.29 is 14.6 Å². The Morgan fingerprint density at radius 2 is 1.90 bits per heavy atom. The van der Waals surface area contributed by atoms with E-state index in [0.717, 1.165) is 12.8 Å². The van der Waals surface area contributed by atoms with Crippen LogP contribution in [0.15, 0.2) is 42.5 Å². The van der Waals surface area contributed by atoms with Crippen LogP contribution in [0.5, 0.6) is 0 Å². The van der Waals surface area contributed by atoms with Crippen LogP contribution in [-0.4, -0.2) is 30.7 Å². The Hall–Kier alpha value is -1.45. The SMILES string of the molecule is C=C1C2C(CO)CC(C(=O)CCc3ccccc3)(C2OC)C1(C)C1CCCCC1. The summed E-state index contributed by atoms with van der Waals surface area (Å²) in [5.41, 5.74) is 1.61. The van der Waals surface area contributed by atoms with Crippen LogP contribution in [0.3, 0.4) is 0 Å². The third-order valence-corrected chi connectivity index (χ3v) is 8.79. The lowest BCUT2D eigenvalue weighted by Crippen LogP contribution is -2.53. The van der Waals surface area contributed by atoms with E-state index in [0.29, 0.717) is 18.1 Å². The number of ether oxygens (including phenoxy) is 1. The van der Waals surface area contributed by atoms with Gasteiger partial charge in [-0.15, -0.1) is 0 Å². The van der Waals surface area contributed by atoms with Crippen molar-refractivity contribution in [2.24, 2.45) is 28.6 Å². The zero-order chi connectivity index (χ0) is 20.6. The first-order valence-corrected chi connectivity index (χ1v) is 11.4. The normalized spacial score (nSPS) is 37.2. The van der Waals surface area contributed by atoms with E-state index in [9.17, 15) is 9.90 Å². The fourth-order valence-electron chi connectivity index (χ4n) is 7.34. The van der Waals surface area contributed by atoms with Crippen molar-refractivity contribution in [2.45, 2.75) is 64.4 Å². The first kappa shape index (κ1) is 20.8. The molecule has 3 aliphatic rings. The maximum absolute atomic E-state index is 14.0. The van der Waals surface area contributed by atoms with Crippen LogP contribution < -0.4 is 0 Å². The van der Waals surface area contributed by atoms with Gasteiger partial charge in [-0.3, -0.25) is 4.79 Å². The standard InChI is InChI=1S/C26H36O3/c1-18-23-20(17-27)16-26(24(23)29-3,25(18,2)21-12-8-5-9-13-21)22(28)15-14-19-10-6-4-7-11-19/h4,6-7,10-11,20-21,23-24,27H,1,5,8-9,12-17H2,2-3H3. The monoisotopic (exact) mass is 396 g/mol. The van der Waals surface area contributed by atoms with Crippen LogP contribution in [-0.2, 0) is 16.0 Å². The van der Waals surface area contributed by atoms with Crippen molar-refractivity contribution in [3.05, 3.63) is 48.0 Å². The number of hydrogen-bond acceptors (Lipinski definition) is 3. The molecule has 1 aromatic carbocycles. The number of aliphatic hydroxyl groups excluding tert-OH is 1. The molecule has 1 N–H and O–H groups in total. The van der Waals surface area contributed by atoms with Crippen LogP contribution in [0.2, 0.25) is 0 Å². The first-order valence-electron chi connectivity index (χ1n) is 11.4. The van der Waals surface area contributed by atoms with E-state index in [2.05, 4.69) is 25.6 Å². The summed E-state index contributed by atoms with van der Waals surface area (Å²) in [7, 11) is 1.75. The van der Waals surface area contributed by atoms with E-state index in [1.165, 1.54) is 43.2 Å². The van der Waals surface area contributed by atoms with Crippen LogP contribution >= 0.6 is 0 Å². The number of carbonyl (C=O) groups is 1. The number of benzene rings is 1. The van der Waals surface area contributed by atoms with E-state index in [4.69, 9.17) is 4.74 Å². The average Bonchev–Trinajstić information content (AvgIpc) is 3.21. The number of aryl methyl sites for hydroxylation is 1. The van der Waals surface area contributed by atoms with Gasteiger partial charge in [-0.05, 0) is 43.1 Å². The number of rotatable bonds is 7. The van der Waals surface area contributed by atoms with Crippen molar-refractivity contribution in [3.63, 3.8) is 0 Å². The minimum Gasteiger partial charge on any atom is -0.396 e. The molecule has 158 valence electrons. The average molecular weight is 397 g/mol. The van der Waals surface area contributed by atoms with E-state index < -0.39 is 5.41 Å². The Morgan fingerprint density at radius 3 is 2.52 bits per heavy atom. The molecule has 5 unspecified atom stereocenters. The number of methoxy groups -OCH3 is 1. The van der Waals surface area contributed by atoms with Gasteiger partial charge in [0.25, 0.3) is 0 Å². The minimum atomic E-state index is -0.548. The number of ketones is 1. The molecular weight excluding hydrogens is 360 g/mol. The molecule has 0 heterocycles. The van der Waals surface area contributed by atoms with Crippen molar-refractivity contribution in [3.8, 4) is 0 Å². The predicted octanol–water partition coefficient (Wildman–Crippen LogP) is 4.97. The molecule has 3 heteroatoms. The maximum Gasteiger partial charge on any atom is 0.142 e. The van der Waals surface area contributed by atoms with E-state index in [1.54, 1.807) is 7.11 Å². The molecule has 0 amide bonds. The first-order chi connectivity index (χ1) is 14.0. The molecule has 29 heavy (non-hydrogen) atoms. The minimum absolute atomic E-state index is 0.0878. The van der Waals surface area contributed by atoms with Gasteiger partial charge in [0.2, 0.25) is 0 Å². The van der Waals surface area contributed by atoms with Crippen LogP contribution in [0.4, 0.5) is 0 Å². The van der Waals surface area contributed by atoms with Gasteiger partial charge in [-0.2, -0.15) is 0 Å². The summed E-state index contributed by atoms with van der Waals surface area (Å²) in [4.78, 5) is 14.0. The van der Waals surface area contributed by atoms with Gasteiger partial charge in [0.05, 0.1) is 11.5 Å². The topological polar surface area (TPSA) is 46.5 Å². The third-order valence-electron chi connectivity index (χ3n) is 8.79. The van der Waals surface area contributed by atoms with Crippen molar-refractivity contribution >= 4 is 5.78 Å². The highest BCUT2D eigenvalue weighted by atomic mass is 16.5. The highest BCUT2D eigenvalue weighted by molar-refractivity contribution is 5.89. The second kappa shape index (κ2) is 8.00. The van der Waals surface area contributed by atoms with Crippen molar-refractivity contribution in [1.29, 1.82) is 0 Å². The molecule has 0 saturated heterocycles. The van der Waals surface area contributed by atoms with E-state index in [1.807, 2.05) is 18.2 Å². The molecule has 0 radical (unpaired) electrons. The van der Waals surface area contributed by atoms with Gasteiger partial charge in [0.1, 0.15) is 5.78 Å². The van der Waals surface area contributed by atoms with Gasteiger partial charge in [0, 0.05) is 31.5 Å². The lowest BCUT2D eigenvalue weighted by molar-refractivity contribution is -0.146. The number of carbonyl (C=O) groups excluding carboxylic acids is 1. The van der Waals surface area contributed by atoms with Crippen LogP contribution in [0, 0.1) is 28.6 Å². The summed E-state index contributed by atoms with van der Waals surface area (Å²) < 4.78 is 6.07. The quantitative estimate of drug-likeness (QED) is 0.662. The second-order valence-electron chi connectivity index (χ2n) is 9.77. The molecule has 3 nitrogen and oxygen atoms in total. The number of fused-ring (bicyclic) bond motifs is 2. The fraction of sp³-hybridized carbons (Fsp3) is 0.654. The van der Waals surface area contributed by atoms with Crippen LogP contribution in [0.1, 0.15) is 57.4 Å². The number of hydrogen-bond donors (Lipinski definition) is 1. The Labute approximate surface area is 175 Å². The highest BCUT2D eigenvalue weighted by Gasteiger charge is 2.74. The van der Waals surface area contributed by atoms with Gasteiger partial charge in [-0.25, -0.2) is 0 Å². The molecule has 5 atom stereocenters. The predicted molar refractivity (Wildman–Crippen MR) is 116 cm³/mol. The molecule has 0 aromatic heterocycles. The molecule has 0 aliphatic heterocycles. The smallest absolute Gasteiger partial charge is 0.142 e. The summed E-state index contributed by atoms with van der Waals surface area (Å²) in [5, 5.41) is 10.1. The molecule has 3 fully saturated rings. The zero-order valence-corrected chi connectivity index (χ0v) is 18.0. The Morgan fingerprint density at radius 1 is 1.21 bits per heavy atom. The highest BCUT2D eigenvalue weighted by Crippen LogP contribution is 2.73. The van der Waals surface area contributed by atoms with E-state index in [-0.39, 0.29) is 30.0 Å². The third kappa shape index (κ3) is 2.96. The van der Waals surface area contributed by atoms with Crippen LogP contribution in [0.25, 0.3) is 0 Å². The maximum atomic E-state index is 14.0. The van der Waals surface area contributed by atoms with Gasteiger partial charge in [-0.1, -0.05) is 68.7 Å². The Kier molecular flexibility index (Phi) is 5.74. The van der Waals surface area contributed by atoms with Gasteiger partial charge < -0.3 is 9.84 Å². The number of aliphatic hydroxyl groups is 1. The lowest BCUT2D eigenvalue weighted by atomic mass is 9.50. The van der Waals surface area contributed by atoms with E-state index >= 15 is 0 Å². The lowest BCUT2D eigenvalue weighted by Gasteiger charge is -2.52. The Bertz CT molecular complexity index is 750. The summed E-state index contributed by atoms with van der Waals surface area (Å²) in [6.45, 7) is 6.98. The molecule has 3 aliphatic carbocycles. The number of Topliss-reactive ketones (excluding diaryl/α,β-unsaturated/α-hetero) is 1. The summed E-state index contributed by atoms with van der Waals surface area (Å²) in [6.07, 6.45) is 8.02. The van der Waals surface area contributed by atoms with Crippen molar-refractivity contribution in [1.82, 2.24) is 0 Å². The summed E-state index contributed by atoms with van der Waals surface area (Å²) >= 11 is 0. The molecule has 1 aromatic rings. The Balaban J connectivity index is 1.71. The fourth-order valence-corrected chi connectivity index (χ4v) is 7.34. The molecule has 4 rings (SSSR count). The summed E-state index contributed by atoms with van der Waals surface area (Å²) in [6, 6.07) is 10.3. The van der Waals surface area contributed by atoms with Gasteiger partial charge >= 0.3 is 0 Å². The molecule has 2 bridgehead atoms. The molecule has 3 saturated carbocycles. The van der Waals surface area contributed by atoms with Gasteiger partial charge in [0.15, 0.2) is 0 Å². The second-order valence-corrected chi connectivity index (χ2v) is 9.77. The zero-order valence-electron chi connectivity index (χ0n) is 18.0. The largest absolute Gasteiger partial charge is 0.396 e. The van der Waals surface area contributed by atoms with Crippen molar-refractivity contribution in [2.75, 3.05) is 13.7 Å². The molecular formula is C26H36O3.